The monoisotopic (exact) mass is 337 g/mol. The summed E-state index contributed by atoms with van der Waals surface area (Å²) in [6.07, 6.45) is 0. The average molecular weight is 338 g/mol. The molecule has 1 amide bonds. The number of sulfonamides is 1. The van der Waals surface area contributed by atoms with Crippen LogP contribution in [0.5, 0.6) is 5.75 Å². The molecule has 0 saturated carbocycles. The van der Waals surface area contributed by atoms with E-state index in [1.807, 2.05) is 0 Å². The third kappa shape index (κ3) is 5.78. The number of rotatable bonds is 6. The molecule has 0 heterocycles. The summed E-state index contributed by atoms with van der Waals surface area (Å²) in [5, 5.41) is 2.60. The number of hydrogen-bond acceptors (Lipinski definition) is 5. The van der Waals surface area contributed by atoms with E-state index in [1.165, 1.54) is 26.2 Å². The van der Waals surface area contributed by atoms with Crippen LogP contribution in [0.25, 0.3) is 0 Å². The van der Waals surface area contributed by atoms with Gasteiger partial charge >= 0.3 is 0 Å². The molecule has 0 bridgehead atoms. The number of carbonyl (C=O) groups excluding carboxylic acids is 1. The van der Waals surface area contributed by atoms with E-state index in [0.29, 0.717) is 17.1 Å². The summed E-state index contributed by atoms with van der Waals surface area (Å²) >= 11 is 0. The number of methoxy groups -OCH3 is 1. The fourth-order valence-corrected chi connectivity index (χ4v) is 2.00. The minimum absolute atomic E-state index is 0. The van der Waals surface area contributed by atoms with Crippen molar-refractivity contribution in [3.8, 4) is 5.75 Å². The van der Waals surface area contributed by atoms with Gasteiger partial charge < -0.3 is 15.8 Å². The molecule has 0 aliphatic carbocycles. The predicted molar refractivity (Wildman–Crippen MR) is 85.6 cm³/mol. The van der Waals surface area contributed by atoms with Crippen LogP contribution in [0.15, 0.2) is 18.2 Å². The Morgan fingerprint density at radius 2 is 2.05 bits per heavy atom. The smallest absolute Gasteiger partial charge is 0.241 e. The van der Waals surface area contributed by atoms with Gasteiger partial charge in [-0.25, -0.2) is 8.42 Å². The molecular weight excluding hydrogens is 318 g/mol. The van der Waals surface area contributed by atoms with Crippen LogP contribution < -0.4 is 20.5 Å². The Balaban J connectivity index is 0.00000400. The second-order valence-electron chi connectivity index (χ2n) is 4.20. The van der Waals surface area contributed by atoms with Crippen molar-refractivity contribution in [2.24, 2.45) is 5.73 Å². The lowest BCUT2D eigenvalue weighted by Crippen LogP contribution is -2.32. The highest BCUT2D eigenvalue weighted by Gasteiger charge is 2.13. The van der Waals surface area contributed by atoms with E-state index >= 15 is 0 Å². The average Bonchev–Trinajstić information content (AvgIpc) is 2.40. The van der Waals surface area contributed by atoms with E-state index in [0.717, 1.165) is 0 Å². The normalized spacial score (nSPS) is 12.0. The summed E-state index contributed by atoms with van der Waals surface area (Å²) in [7, 11) is -1.98. The van der Waals surface area contributed by atoms with E-state index < -0.39 is 16.1 Å². The molecule has 9 heteroatoms. The number of halogens is 1. The highest BCUT2D eigenvalue weighted by molar-refractivity contribution is 7.92. The largest absolute Gasteiger partial charge is 0.494 e. The summed E-state index contributed by atoms with van der Waals surface area (Å²) in [6.45, 7) is 3.10. The molecule has 120 valence electrons. The molecule has 21 heavy (non-hydrogen) atoms. The number of ether oxygens (including phenoxy) is 1. The first-order valence-electron chi connectivity index (χ1n) is 6.04. The number of hydrogen-bond donors (Lipinski definition) is 3. The molecule has 1 aromatic carbocycles. The lowest BCUT2D eigenvalue weighted by molar-refractivity contribution is -0.117. The maximum atomic E-state index is 11.5. The van der Waals surface area contributed by atoms with E-state index in [1.54, 1.807) is 13.0 Å². The second-order valence-corrected chi connectivity index (χ2v) is 6.21. The zero-order valence-electron chi connectivity index (χ0n) is 12.0. The maximum absolute atomic E-state index is 11.5. The molecule has 7 nitrogen and oxygen atoms in total. The van der Waals surface area contributed by atoms with Crippen LogP contribution in [0.4, 0.5) is 11.4 Å². The van der Waals surface area contributed by atoms with Crippen LogP contribution in [-0.4, -0.2) is 33.2 Å². The fourth-order valence-electron chi connectivity index (χ4n) is 1.35. The van der Waals surface area contributed by atoms with Crippen molar-refractivity contribution in [1.82, 2.24) is 0 Å². The van der Waals surface area contributed by atoms with Crippen molar-refractivity contribution < 1.29 is 17.9 Å². The number of anilines is 2. The van der Waals surface area contributed by atoms with Crippen LogP contribution >= 0.6 is 12.4 Å². The van der Waals surface area contributed by atoms with Gasteiger partial charge in [0.05, 0.1) is 24.6 Å². The van der Waals surface area contributed by atoms with E-state index in [-0.39, 0.29) is 24.1 Å². The number of benzene rings is 1. The van der Waals surface area contributed by atoms with Gasteiger partial charge in [-0.3, -0.25) is 9.52 Å². The van der Waals surface area contributed by atoms with Crippen LogP contribution in [0.2, 0.25) is 0 Å². The standard InChI is InChI=1S/C12H19N3O4S.ClH/c1-4-20(17,18)15-10-6-5-9(7-11(10)19-3)14-12(16)8(2)13;/h5-8,15H,4,13H2,1-3H3,(H,14,16);1H/t8-;/m1./s1. The third-order valence-corrected chi connectivity index (χ3v) is 3.82. The lowest BCUT2D eigenvalue weighted by Gasteiger charge is -2.13. The van der Waals surface area contributed by atoms with E-state index in [9.17, 15) is 13.2 Å². The highest BCUT2D eigenvalue weighted by Crippen LogP contribution is 2.28. The summed E-state index contributed by atoms with van der Waals surface area (Å²) in [6, 6.07) is 3.96. The quantitative estimate of drug-likeness (QED) is 0.721. The van der Waals surface area contributed by atoms with Crippen molar-refractivity contribution in [3.63, 3.8) is 0 Å². The Morgan fingerprint density at radius 1 is 1.43 bits per heavy atom. The lowest BCUT2D eigenvalue weighted by atomic mass is 10.2. The molecule has 0 fully saturated rings. The Hall–Kier alpha value is -1.51. The summed E-state index contributed by atoms with van der Waals surface area (Å²) in [5.74, 6) is -0.0716. The van der Waals surface area contributed by atoms with Crippen LogP contribution in [0.1, 0.15) is 13.8 Å². The minimum atomic E-state index is -3.39. The molecule has 4 N–H and O–H groups in total. The van der Waals surface area contributed by atoms with Crippen molar-refractivity contribution >= 4 is 39.7 Å². The topological polar surface area (TPSA) is 111 Å². The first-order valence-corrected chi connectivity index (χ1v) is 7.69. The van der Waals surface area contributed by atoms with Gasteiger partial charge in [0, 0.05) is 11.8 Å². The van der Waals surface area contributed by atoms with Crippen LogP contribution in [-0.2, 0) is 14.8 Å². The summed E-state index contributed by atoms with van der Waals surface area (Å²) in [4.78, 5) is 11.5. The van der Waals surface area contributed by atoms with Crippen molar-refractivity contribution in [1.29, 1.82) is 0 Å². The Labute approximate surface area is 130 Å². The van der Waals surface area contributed by atoms with Gasteiger partial charge in [-0.05, 0) is 26.0 Å². The minimum Gasteiger partial charge on any atom is -0.494 e. The van der Waals surface area contributed by atoms with Gasteiger partial charge in [-0.15, -0.1) is 12.4 Å². The third-order valence-electron chi connectivity index (χ3n) is 2.53. The van der Waals surface area contributed by atoms with E-state index in [2.05, 4.69) is 10.0 Å². The molecular formula is C12H20ClN3O4S. The number of nitrogens with two attached hydrogens (primary N) is 1. The summed E-state index contributed by atoms with van der Waals surface area (Å²) in [5.41, 5.74) is 6.24. The van der Waals surface area contributed by atoms with Crippen LogP contribution in [0, 0.1) is 0 Å². The molecule has 0 unspecified atom stereocenters. The zero-order valence-corrected chi connectivity index (χ0v) is 13.7. The maximum Gasteiger partial charge on any atom is 0.241 e. The van der Waals surface area contributed by atoms with Gasteiger partial charge in [0.25, 0.3) is 0 Å². The molecule has 0 saturated heterocycles. The number of amides is 1. The molecule has 0 aromatic heterocycles. The molecule has 0 radical (unpaired) electrons. The number of carbonyl (C=O) groups is 1. The summed E-state index contributed by atoms with van der Waals surface area (Å²) < 4.78 is 30.6. The molecule has 0 aliphatic heterocycles. The molecule has 0 aliphatic rings. The van der Waals surface area contributed by atoms with Crippen LogP contribution in [0.3, 0.4) is 0 Å². The van der Waals surface area contributed by atoms with Crippen molar-refractivity contribution in [2.45, 2.75) is 19.9 Å². The highest BCUT2D eigenvalue weighted by atomic mass is 35.5. The Morgan fingerprint density at radius 3 is 2.52 bits per heavy atom. The van der Waals surface area contributed by atoms with Gasteiger partial charge in [0.15, 0.2) is 0 Å². The van der Waals surface area contributed by atoms with Gasteiger partial charge in [-0.2, -0.15) is 0 Å². The van der Waals surface area contributed by atoms with Crippen molar-refractivity contribution in [3.05, 3.63) is 18.2 Å². The molecule has 0 spiro atoms. The fraction of sp³-hybridized carbons (Fsp3) is 0.417. The SMILES string of the molecule is CCS(=O)(=O)Nc1ccc(NC(=O)[C@@H](C)N)cc1OC.Cl. The molecule has 1 atom stereocenters. The zero-order chi connectivity index (χ0) is 15.3. The van der Waals surface area contributed by atoms with Gasteiger partial charge in [0.1, 0.15) is 5.75 Å². The van der Waals surface area contributed by atoms with E-state index in [4.69, 9.17) is 10.5 Å². The Kier molecular flexibility index (Phi) is 7.48. The van der Waals surface area contributed by atoms with Gasteiger partial charge in [-0.1, -0.05) is 0 Å². The second kappa shape index (κ2) is 8.06. The number of nitrogens with one attached hydrogen (secondary N) is 2. The Bertz CT molecular complexity index is 590. The predicted octanol–water partition coefficient (Wildman–Crippen LogP) is 1.16. The first-order chi connectivity index (χ1) is 9.29. The van der Waals surface area contributed by atoms with Gasteiger partial charge in [0.2, 0.25) is 15.9 Å². The van der Waals surface area contributed by atoms with Crippen molar-refractivity contribution in [2.75, 3.05) is 22.9 Å². The molecule has 1 aromatic rings. The first kappa shape index (κ1) is 19.5. The molecule has 1 rings (SSSR count).